The number of carbonyl (C=O) groups is 3. The van der Waals surface area contributed by atoms with E-state index in [1.54, 1.807) is 32.6 Å². The second-order valence-corrected chi connectivity index (χ2v) is 11.2. The summed E-state index contributed by atoms with van der Waals surface area (Å²) in [6, 6.07) is 15.4. The topological polar surface area (TPSA) is 66.9 Å². The minimum atomic E-state index is -1.27. The number of imide groups is 1. The van der Waals surface area contributed by atoms with Crippen LogP contribution in [0.3, 0.4) is 0 Å². The van der Waals surface area contributed by atoms with Gasteiger partial charge in [0.2, 0.25) is 0 Å². The summed E-state index contributed by atoms with van der Waals surface area (Å²) in [7, 11) is 0. The number of hydrogen-bond donors (Lipinski definition) is 0. The molecule has 0 bridgehead atoms. The van der Waals surface area contributed by atoms with Gasteiger partial charge in [0, 0.05) is 11.0 Å². The van der Waals surface area contributed by atoms with Crippen LogP contribution in [0.5, 0.6) is 0 Å². The molecule has 1 fully saturated rings. The quantitative estimate of drug-likeness (QED) is 0.332. The third-order valence-corrected chi connectivity index (χ3v) is 6.42. The van der Waals surface area contributed by atoms with Crippen molar-refractivity contribution in [2.24, 2.45) is 5.92 Å². The van der Waals surface area contributed by atoms with Gasteiger partial charge in [-0.25, -0.2) is 14.5 Å². The number of amides is 3. The highest BCUT2D eigenvalue weighted by atomic mass is 79.9. The van der Waals surface area contributed by atoms with Crippen LogP contribution in [0.1, 0.15) is 59.1 Å². The van der Waals surface area contributed by atoms with E-state index in [0.29, 0.717) is 12.0 Å². The molecular formula is C27H33BrN2O4. The molecule has 0 radical (unpaired) electrons. The molecular weight excluding hydrogens is 496 g/mol. The van der Waals surface area contributed by atoms with Crippen molar-refractivity contribution in [1.82, 2.24) is 9.80 Å². The van der Waals surface area contributed by atoms with E-state index in [1.165, 1.54) is 0 Å². The fourth-order valence-electron chi connectivity index (χ4n) is 4.20. The Hall–Kier alpha value is -2.67. The molecule has 0 saturated carbocycles. The second-order valence-electron chi connectivity index (χ2n) is 10.3. The molecule has 3 amide bonds. The van der Waals surface area contributed by atoms with Crippen LogP contribution in [0.2, 0.25) is 0 Å². The molecule has 1 heterocycles. The highest BCUT2D eigenvalue weighted by molar-refractivity contribution is 9.10. The third-order valence-electron chi connectivity index (χ3n) is 5.89. The second kappa shape index (κ2) is 9.90. The van der Waals surface area contributed by atoms with Gasteiger partial charge in [-0.2, -0.15) is 0 Å². The summed E-state index contributed by atoms with van der Waals surface area (Å²) in [6.45, 7) is 11.2. The van der Waals surface area contributed by atoms with Gasteiger partial charge in [0.1, 0.15) is 17.2 Å². The fraction of sp³-hybridized carbons (Fsp3) is 0.444. The molecule has 0 aliphatic carbocycles. The van der Waals surface area contributed by atoms with Crippen molar-refractivity contribution in [1.29, 1.82) is 0 Å². The summed E-state index contributed by atoms with van der Waals surface area (Å²) in [4.78, 5) is 43.9. The van der Waals surface area contributed by atoms with E-state index in [9.17, 15) is 14.4 Å². The Kier molecular flexibility index (Phi) is 7.56. The number of urea groups is 1. The summed E-state index contributed by atoms with van der Waals surface area (Å²) in [5, 5.41) is 0. The Bertz CT molecular complexity index is 1050. The van der Waals surface area contributed by atoms with Crippen molar-refractivity contribution in [3.63, 3.8) is 0 Å². The molecule has 0 aromatic heterocycles. The highest BCUT2D eigenvalue weighted by Crippen LogP contribution is 2.40. The molecule has 34 heavy (non-hydrogen) atoms. The van der Waals surface area contributed by atoms with Crippen LogP contribution < -0.4 is 0 Å². The average molecular weight is 529 g/mol. The molecule has 1 unspecified atom stereocenters. The third kappa shape index (κ3) is 5.35. The molecule has 182 valence electrons. The van der Waals surface area contributed by atoms with Crippen LogP contribution in [-0.4, -0.2) is 39.4 Å². The molecule has 1 saturated heterocycles. The van der Waals surface area contributed by atoms with Crippen molar-refractivity contribution in [3.8, 4) is 0 Å². The molecule has 6 nitrogen and oxygen atoms in total. The molecule has 0 N–H and O–H groups in total. The minimum absolute atomic E-state index is 0.0697. The first-order chi connectivity index (χ1) is 15.8. The van der Waals surface area contributed by atoms with E-state index in [-0.39, 0.29) is 12.5 Å². The maximum absolute atomic E-state index is 14.1. The molecule has 2 aromatic rings. The lowest BCUT2D eigenvalue weighted by molar-refractivity contribution is -0.163. The minimum Gasteiger partial charge on any atom is -0.458 e. The Morgan fingerprint density at radius 2 is 1.62 bits per heavy atom. The number of ether oxygens (including phenoxy) is 1. The molecule has 0 spiro atoms. The van der Waals surface area contributed by atoms with Gasteiger partial charge >= 0.3 is 12.0 Å². The van der Waals surface area contributed by atoms with Crippen molar-refractivity contribution in [2.45, 2.75) is 71.7 Å². The Morgan fingerprint density at radius 3 is 2.15 bits per heavy atom. The van der Waals surface area contributed by atoms with Crippen molar-refractivity contribution in [2.75, 3.05) is 0 Å². The zero-order valence-corrected chi connectivity index (χ0v) is 22.3. The van der Waals surface area contributed by atoms with Gasteiger partial charge in [-0.05, 0) is 63.3 Å². The number of hydrogen-bond acceptors (Lipinski definition) is 4. The van der Waals surface area contributed by atoms with Crippen molar-refractivity contribution in [3.05, 3.63) is 70.2 Å². The normalized spacial score (nSPS) is 19.6. The maximum atomic E-state index is 14.1. The number of benzene rings is 2. The number of esters is 1. The summed E-state index contributed by atoms with van der Waals surface area (Å²) < 4.78 is 6.51. The van der Waals surface area contributed by atoms with Crippen molar-refractivity contribution < 1.29 is 19.1 Å². The van der Waals surface area contributed by atoms with E-state index < -0.39 is 35.1 Å². The van der Waals surface area contributed by atoms with E-state index in [0.717, 1.165) is 14.9 Å². The predicted molar refractivity (Wildman–Crippen MR) is 135 cm³/mol. The maximum Gasteiger partial charge on any atom is 0.329 e. The lowest BCUT2D eigenvalue weighted by atomic mass is 9.89. The van der Waals surface area contributed by atoms with Crippen LogP contribution >= 0.6 is 15.9 Å². The lowest BCUT2D eigenvalue weighted by Gasteiger charge is -2.32. The summed E-state index contributed by atoms with van der Waals surface area (Å²) in [5.41, 5.74) is -0.437. The predicted octanol–water partition coefficient (Wildman–Crippen LogP) is 5.89. The molecule has 7 heteroatoms. The van der Waals surface area contributed by atoms with E-state index in [1.807, 2.05) is 68.4 Å². The molecule has 2 atom stereocenters. The summed E-state index contributed by atoms with van der Waals surface area (Å²) in [5.74, 6) is -0.921. The number of nitrogens with zero attached hydrogens (tertiary/aromatic N) is 2. The molecule has 3 rings (SSSR count). The van der Waals surface area contributed by atoms with Crippen LogP contribution in [-0.2, 0) is 26.4 Å². The zero-order valence-electron chi connectivity index (χ0n) is 20.7. The standard InChI is InChI=1S/C27H33BrN2O4/c1-18(2)16-22(23(31)34-26(3,4)5)30-24(32)27(6,20-12-14-21(28)15-13-20)29(25(30)33)17-19-10-8-7-9-11-19/h7-15,18,22H,16-17H2,1-6H3/t22?,27-/m0/s1. The highest BCUT2D eigenvalue weighted by Gasteiger charge is 2.58. The van der Waals surface area contributed by atoms with Crippen molar-refractivity contribution >= 4 is 33.8 Å². The van der Waals surface area contributed by atoms with Gasteiger partial charge < -0.3 is 9.64 Å². The summed E-state index contributed by atoms with van der Waals surface area (Å²) in [6.07, 6.45) is 0.321. The van der Waals surface area contributed by atoms with Crippen LogP contribution in [0.25, 0.3) is 0 Å². The molecule has 1 aliphatic heterocycles. The van der Waals surface area contributed by atoms with E-state index in [2.05, 4.69) is 15.9 Å². The zero-order chi connectivity index (χ0) is 25.3. The van der Waals surface area contributed by atoms with Gasteiger partial charge in [0.05, 0.1) is 0 Å². The first-order valence-electron chi connectivity index (χ1n) is 11.5. The monoisotopic (exact) mass is 528 g/mol. The van der Waals surface area contributed by atoms with Gasteiger partial charge in [-0.3, -0.25) is 4.79 Å². The molecule has 2 aromatic carbocycles. The van der Waals surface area contributed by atoms with Crippen LogP contribution in [0.15, 0.2) is 59.1 Å². The van der Waals surface area contributed by atoms with Gasteiger partial charge in [-0.15, -0.1) is 0 Å². The summed E-state index contributed by atoms with van der Waals surface area (Å²) >= 11 is 3.44. The smallest absolute Gasteiger partial charge is 0.329 e. The van der Waals surface area contributed by atoms with Gasteiger partial charge in [-0.1, -0.05) is 72.2 Å². The number of halogens is 1. The van der Waals surface area contributed by atoms with Gasteiger partial charge in [0.25, 0.3) is 5.91 Å². The first kappa shape index (κ1) is 25.9. The Labute approximate surface area is 210 Å². The van der Waals surface area contributed by atoms with E-state index >= 15 is 0 Å². The first-order valence-corrected chi connectivity index (χ1v) is 12.3. The Balaban J connectivity index is 2.10. The van der Waals surface area contributed by atoms with Gasteiger partial charge in [0.15, 0.2) is 0 Å². The largest absolute Gasteiger partial charge is 0.458 e. The molecule has 1 aliphatic rings. The number of carbonyl (C=O) groups excluding carboxylic acids is 3. The number of rotatable bonds is 7. The Morgan fingerprint density at radius 1 is 1.03 bits per heavy atom. The van der Waals surface area contributed by atoms with E-state index in [4.69, 9.17) is 4.74 Å². The fourth-order valence-corrected chi connectivity index (χ4v) is 4.47. The van der Waals surface area contributed by atoms with Crippen LogP contribution in [0.4, 0.5) is 4.79 Å². The lowest BCUT2D eigenvalue weighted by Crippen LogP contribution is -2.49. The SMILES string of the molecule is CC(C)CC(C(=O)OC(C)(C)C)N1C(=O)N(Cc2ccccc2)[C@@](C)(c2ccc(Br)cc2)C1=O. The average Bonchev–Trinajstić information content (AvgIpc) is 2.93. The van der Waals surface area contributed by atoms with Crippen LogP contribution in [0, 0.1) is 5.92 Å².